The highest BCUT2D eigenvalue weighted by molar-refractivity contribution is 6.11. The zero-order valence-electron chi connectivity index (χ0n) is 25.4. The molecule has 4 aliphatic rings. The van der Waals surface area contributed by atoms with Gasteiger partial charge in [0.15, 0.2) is 0 Å². The van der Waals surface area contributed by atoms with Crippen LogP contribution in [0.3, 0.4) is 0 Å². The molecule has 0 aromatic heterocycles. The Kier molecular flexibility index (Phi) is 8.21. The van der Waals surface area contributed by atoms with Crippen LogP contribution in [0.5, 0.6) is 0 Å². The number of likely N-dealkylation sites (tertiary alicyclic amines) is 1. The third-order valence-corrected chi connectivity index (χ3v) is 10.00. The molecule has 4 aliphatic heterocycles. The largest absolute Gasteiger partial charge is 0.339 e. The predicted octanol–water partition coefficient (Wildman–Crippen LogP) is 3.46. The summed E-state index contributed by atoms with van der Waals surface area (Å²) in [6, 6.07) is 26.8. The van der Waals surface area contributed by atoms with Gasteiger partial charge in [-0.25, -0.2) is 0 Å². The topological polar surface area (TPSA) is 93.3 Å². The lowest BCUT2D eigenvalue weighted by Crippen LogP contribution is -2.54. The van der Waals surface area contributed by atoms with Crippen LogP contribution in [0, 0.1) is 0 Å². The zero-order chi connectivity index (χ0) is 30.9. The van der Waals surface area contributed by atoms with Crippen molar-refractivity contribution in [3.63, 3.8) is 0 Å². The van der Waals surface area contributed by atoms with Gasteiger partial charge in [0, 0.05) is 58.3 Å². The summed E-state index contributed by atoms with van der Waals surface area (Å²) >= 11 is 0. The van der Waals surface area contributed by atoms with Gasteiger partial charge in [-0.3, -0.25) is 34.3 Å². The lowest BCUT2D eigenvalue weighted by Gasteiger charge is -2.45. The Bertz CT molecular complexity index is 1540. The summed E-state index contributed by atoms with van der Waals surface area (Å²) < 4.78 is 0. The number of carbonyl (C=O) groups is 4. The maximum atomic E-state index is 13.8. The maximum Gasteiger partial charge on any atom is 0.256 e. The summed E-state index contributed by atoms with van der Waals surface area (Å²) in [5.74, 6) is -1.19. The first-order valence-electron chi connectivity index (χ1n) is 16.1. The van der Waals surface area contributed by atoms with Gasteiger partial charge in [0.25, 0.3) is 11.8 Å². The van der Waals surface area contributed by atoms with Crippen molar-refractivity contribution in [3.8, 4) is 0 Å². The molecule has 0 bridgehead atoms. The number of carbonyl (C=O) groups excluding carboxylic acids is 4. The van der Waals surface area contributed by atoms with Gasteiger partial charge in [-0.15, -0.1) is 0 Å². The van der Waals surface area contributed by atoms with E-state index in [2.05, 4.69) is 75.8 Å². The van der Waals surface area contributed by atoms with Crippen LogP contribution < -0.4 is 5.32 Å². The Labute approximate surface area is 263 Å². The van der Waals surface area contributed by atoms with E-state index in [0.717, 1.165) is 44.6 Å². The predicted molar refractivity (Wildman–Crippen MR) is 169 cm³/mol. The smallest absolute Gasteiger partial charge is 0.256 e. The van der Waals surface area contributed by atoms with Crippen LogP contribution in [0.4, 0.5) is 0 Å². The molecule has 0 saturated carbocycles. The van der Waals surface area contributed by atoms with Gasteiger partial charge in [-0.05, 0) is 42.0 Å². The van der Waals surface area contributed by atoms with Crippen molar-refractivity contribution < 1.29 is 19.2 Å². The number of nitrogens with zero attached hydrogens (tertiary/aromatic N) is 4. The van der Waals surface area contributed by atoms with Gasteiger partial charge in [0.05, 0.1) is 17.2 Å². The van der Waals surface area contributed by atoms with E-state index < -0.39 is 11.9 Å². The molecular weight excluding hydrogens is 566 g/mol. The standard InChI is InChI=1S/C36H39N5O4/c42-31-15-14-30(34(43)37-31)41-24-27-12-7-13-29(32(27)36(41)45)35(44)40-18-16-28(17-19-40)38-20-22-39(23-21-38)33(25-8-3-1-4-9-25)26-10-5-2-6-11-26/h1-13,28,30,33H,14-24H2,(H,37,42,43). The maximum absolute atomic E-state index is 13.8. The molecule has 3 aromatic carbocycles. The number of piperazine rings is 1. The quantitative estimate of drug-likeness (QED) is 0.433. The van der Waals surface area contributed by atoms with Crippen molar-refractivity contribution in [2.24, 2.45) is 0 Å². The highest BCUT2D eigenvalue weighted by atomic mass is 16.2. The number of amides is 4. The number of fused-ring (bicyclic) bond motifs is 1. The Morgan fingerprint density at radius 3 is 2.00 bits per heavy atom. The minimum Gasteiger partial charge on any atom is -0.339 e. The Morgan fingerprint density at radius 2 is 1.38 bits per heavy atom. The Balaban J connectivity index is 0.972. The van der Waals surface area contributed by atoms with Crippen LogP contribution in [0.1, 0.15) is 69.1 Å². The average molecular weight is 606 g/mol. The molecule has 0 spiro atoms. The van der Waals surface area contributed by atoms with E-state index in [1.165, 1.54) is 16.0 Å². The lowest BCUT2D eigenvalue weighted by molar-refractivity contribution is -0.136. The number of rotatable bonds is 6. The van der Waals surface area contributed by atoms with Crippen LogP contribution in [0.25, 0.3) is 0 Å². The zero-order valence-corrected chi connectivity index (χ0v) is 25.4. The van der Waals surface area contributed by atoms with Crippen molar-refractivity contribution >= 4 is 23.6 Å². The van der Waals surface area contributed by atoms with Gasteiger partial charge in [0.2, 0.25) is 11.8 Å². The first-order chi connectivity index (χ1) is 22.0. The van der Waals surface area contributed by atoms with E-state index in [1.807, 2.05) is 17.0 Å². The minimum absolute atomic E-state index is 0.123. The summed E-state index contributed by atoms with van der Waals surface area (Å²) in [6.45, 7) is 5.51. The third-order valence-electron chi connectivity index (χ3n) is 10.00. The first kappa shape index (κ1) is 29.4. The van der Waals surface area contributed by atoms with Gasteiger partial charge < -0.3 is 9.80 Å². The molecule has 9 nitrogen and oxygen atoms in total. The van der Waals surface area contributed by atoms with Crippen molar-refractivity contribution in [2.45, 2.75) is 50.4 Å². The van der Waals surface area contributed by atoms with Crippen LogP contribution in [0.2, 0.25) is 0 Å². The van der Waals surface area contributed by atoms with Crippen LogP contribution in [-0.2, 0) is 16.1 Å². The Hall–Kier alpha value is -4.34. The molecule has 1 atom stereocenters. The molecule has 4 heterocycles. The SMILES string of the molecule is O=C1CCC(N2Cc3cccc(C(=O)N4CCC(N5CCN(C(c6ccccc6)c6ccccc6)CC5)CC4)c3C2=O)C(=O)N1. The highest BCUT2D eigenvalue weighted by Crippen LogP contribution is 2.33. The third kappa shape index (κ3) is 5.78. The summed E-state index contributed by atoms with van der Waals surface area (Å²) in [7, 11) is 0. The number of nitrogens with one attached hydrogen (secondary N) is 1. The van der Waals surface area contributed by atoms with Crippen molar-refractivity contribution in [1.82, 2.24) is 24.9 Å². The number of hydrogen-bond donors (Lipinski definition) is 1. The molecule has 3 fully saturated rings. The second kappa shape index (κ2) is 12.6. The first-order valence-corrected chi connectivity index (χ1v) is 16.1. The van der Waals surface area contributed by atoms with Crippen molar-refractivity contribution in [2.75, 3.05) is 39.3 Å². The second-order valence-corrected chi connectivity index (χ2v) is 12.6. The molecule has 9 heteroatoms. The van der Waals surface area contributed by atoms with Gasteiger partial charge >= 0.3 is 0 Å². The summed E-state index contributed by atoms with van der Waals surface area (Å²) in [5.41, 5.74) is 4.20. The van der Waals surface area contributed by atoms with E-state index in [9.17, 15) is 19.2 Å². The number of piperidine rings is 2. The second-order valence-electron chi connectivity index (χ2n) is 12.6. The van der Waals surface area contributed by atoms with E-state index in [1.54, 1.807) is 6.07 Å². The molecule has 7 rings (SSSR count). The van der Waals surface area contributed by atoms with Crippen LogP contribution in [-0.4, -0.2) is 94.6 Å². The van der Waals surface area contributed by atoms with Gasteiger partial charge in [-0.1, -0.05) is 72.8 Å². The monoisotopic (exact) mass is 605 g/mol. The fraction of sp³-hybridized carbons (Fsp3) is 0.389. The molecule has 0 aliphatic carbocycles. The number of hydrogen-bond acceptors (Lipinski definition) is 6. The van der Waals surface area contributed by atoms with Crippen molar-refractivity contribution in [3.05, 3.63) is 107 Å². The summed E-state index contributed by atoms with van der Waals surface area (Å²) in [4.78, 5) is 60.0. The molecule has 0 radical (unpaired) electrons. The molecular formula is C36H39N5O4. The molecule has 4 amide bonds. The fourth-order valence-corrected chi connectivity index (χ4v) is 7.64. The van der Waals surface area contributed by atoms with Gasteiger partial charge in [-0.2, -0.15) is 0 Å². The molecule has 232 valence electrons. The van der Waals surface area contributed by atoms with Gasteiger partial charge in [0.1, 0.15) is 6.04 Å². The lowest BCUT2D eigenvalue weighted by atomic mass is 9.95. The number of benzene rings is 3. The van der Waals surface area contributed by atoms with E-state index in [4.69, 9.17) is 0 Å². The van der Waals surface area contributed by atoms with Crippen molar-refractivity contribution in [1.29, 1.82) is 0 Å². The normalized spacial score (nSPS) is 21.7. The van der Waals surface area contributed by atoms with Crippen LogP contribution in [0.15, 0.2) is 78.9 Å². The molecule has 45 heavy (non-hydrogen) atoms. The molecule has 1 N–H and O–H groups in total. The minimum atomic E-state index is -0.697. The fourth-order valence-electron chi connectivity index (χ4n) is 7.64. The summed E-state index contributed by atoms with van der Waals surface area (Å²) in [5, 5.41) is 2.34. The summed E-state index contributed by atoms with van der Waals surface area (Å²) in [6.07, 6.45) is 2.30. The van der Waals surface area contributed by atoms with E-state index in [0.29, 0.717) is 36.7 Å². The molecule has 3 aromatic rings. The molecule has 3 saturated heterocycles. The van der Waals surface area contributed by atoms with Crippen LogP contribution >= 0.6 is 0 Å². The van der Waals surface area contributed by atoms with E-state index >= 15 is 0 Å². The number of imide groups is 1. The molecule has 1 unspecified atom stereocenters. The Morgan fingerprint density at radius 1 is 0.733 bits per heavy atom. The highest BCUT2D eigenvalue weighted by Gasteiger charge is 2.41. The average Bonchev–Trinajstić information content (AvgIpc) is 3.42. The van der Waals surface area contributed by atoms with E-state index in [-0.39, 0.29) is 36.7 Å².